The topological polar surface area (TPSA) is 17.1 Å². The Labute approximate surface area is 79.1 Å². The Balaban J connectivity index is 3.12. The Morgan fingerprint density at radius 1 is 1.38 bits per heavy atom. The van der Waals surface area contributed by atoms with Crippen molar-refractivity contribution in [2.24, 2.45) is 0 Å². The first-order valence-electron chi connectivity index (χ1n) is 4.51. The van der Waals surface area contributed by atoms with Gasteiger partial charge in [-0.1, -0.05) is 37.3 Å². The second-order valence-electron chi connectivity index (χ2n) is 3.00. The van der Waals surface area contributed by atoms with Gasteiger partial charge in [0.1, 0.15) is 0 Å². The Kier molecular flexibility index (Phi) is 3.44. The van der Waals surface area contributed by atoms with E-state index in [1.807, 2.05) is 31.2 Å². The van der Waals surface area contributed by atoms with Crippen molar-refractivity contribution >= 4 is 11.9 Å². The molecule has 0 atom stereocenters. The van der Waals surface area contributed by atoms with E-state index in [0.717, 1.165) is 23.8 Å². The predicted octanol–water partition coefficient (Wildman–Crippen LogP) is 3.31. The van der Waals surface area contributed by atoms with Gasteiger partial charge in [-0.2, -0.15) is 0 Å². The van der Waals surface area contributed by atoms with E-state index in [9.17, 15) is 4.79 Å². The number of rotatable bonds is 3. The molecular weight excluding hydrogens is 160 g/mol. The molecule has 0 heterocycles. The van der Waals surface area contributed by atoms with Crippen LogP contribution in [0.1, 0.15) is 36.2 Å². The average Bonchev–Trinajstić information content (AvgIpc) is 2.18. The molecule has 0 aromatic heterocycles. The number of aldehydes is 1. The zero-order valence-electron chi connectivity index (χ0n) is 8.08. The first-order chi connectivity index (χ1) is 6.29. The molecule has 0 unspecified atom stereocenters. The minimum absolute atomic E-state index is 0.768. The SMILES string of the molecule is CC/C=C(\C)c1ccccc1C=O. The molecule has 0 radical (unpaired) electrons. The van der Waals surface area contributed by atoms with E-state index in [-0.39, 0.29) is 0 Å². The fourth-order valence-corrected chi connectivity index (χ4v) is 1.38. The van der Waals surface area contributed by atoms with Gasteiger partial charge in [0.2, 0.25) is 0 Å². The molecular formula is C12H14O. The van der Waals surface area contributed by atoms with E-state index in [2.05, 4.69) is 13.0 Å². The van der Waals surface area contributed by atoms with E-state index >= 15 is 0 Å². The maximum atomic E-state index is 10.7. The lowest BCUT2D eigenvalue weighted by molar-refractivity contribution is 0.112. The lowest BCUT2D eigenvalue weighted by Crippen LogP contribution is -1.88. The Morgan fingerprint density at radius 2 is 2.08 bits per heavy atom. The molecule has 1 rings (SSSR count). The Bertz CT molecular complexity index is 324. The second kappa shape index (κ2) is 4.61. The van der Waals surface area contributed by atoms with Gasteiger partial charge in [0.05, 0.1) is 0 Å². The molecule has 0 spiro atoms. The number of benzene rings is 1. The van der Waals surface area contributed by atoms with Gasteiger partial charge < -0.3 is 0 Å². The molecule has 0 amide bonds. The smallest absolute Gasteiger partial charge is 0.150 e. The van der Waals surface area contributed by atoms with Crippen LogP contribution >= 0.6 is 0 Å². The van der Waals surface area contributed by atoms with Crippen LogP contribution in [0.15, 0.2) is 30.3 Å². The summed E-state index contributed by atoms with van der Waals surface area (Å²) in [6.07, 6.45) is 4.03. The number of carbonyl (C=O) groups is 1. The van der Waals surface area contributed by atoms with Crippen molar-refractivity contribution in [3.05, 3.63) is 41.5 Å². The van der Waals surface area contributed by atoms with E-state index in [1.54, 1.807) is 0 Å². The quantitative estimate of drug-likeness (QED) is 0.642. The third-order valence-electron chi connectivity index (χ3n) is 2.02. The summed E-state index contributed by atoms with van der Waals surface area (Å²) in [5, 5.41) is 0. The number of carbonyl (C=O) groups excluding carboxylic acids is 1. The van der Waals surface area contributed by atoms with Crippen molar-refractivity contribution in [2.75, 3.05) is 0 Å². The highest BCUT2D eigenvalue weighted by molar-refractivity contribution is 5.84. The monoisotopic (exact) mass is 174 g/mol. The van der Waals surface area contributed by atoms with Crippen LogP contribution in [0.5, 0.6) is 0 Å². The molecule has 1 nitrogen and oxygen atoms in total. The van der Waals surface area contributed by atoms with E-state index in [1.165, 1.54) is 5.57 Å². The van der Waals surface area contributed by atoms with Gasteiger partial charge in [0.15, 0.2) is 6.29 Å². The first-order valence-corrected chi connectivity index (χ1v) is 4.51. The average molecular weight is 174 g/mol. The molecule has 0 N–H and O–H groups in total. The molecule has 1 aromatic rings. The molecule has 13 heavy (non-hydrogen) atoms. The molecule has 0 aliphatic rings. The molecule has 0 bridgehead atoms. The molecule has 0 saturated heterocycles. The molecule has 0 fully saturated rings. The first kappa shape index (κ1) is 9.72. The van der Waals surface area contributed by atoms with Crippen molar-refractivity contribution < 1.29 is 4.79 Å². The molecule has 1 aromatic carbocycles. The van der Waals surface area contributed by atoms with Gasteiger partial charge in [0.25, 0.3) is 0 Å². The highest BCUT2D eigenvalue weighted by atomic mass is 16.1. The summed E-state index contributed by atoms with van der Waals surface area (Å²) in [5.41, 5.74) is 2.98. The largest absolute Gasteiger partial charge is 0.298 e. The molecule has 0 saturated carbocycles. The summed E-state index contributed by atoms with van der Waals surface area (Å²) in [4.78, 5) is 10.7. The molecule has 0 aliphatic carbocycles. The van der Waals surface area contributed by atoms with Crippen LogP contribution < -0.4 is 0 Å². The van der Waals surface area contributed by atoms with Crippen LogP contribution in [0.3, 0.4) is 0 Å². The van der Waals surface area contributed by atoms with Gasteiger partial charge in [-0.05, 0) is 24.5 Å². The number of hydrogen-bond acceptors (Lipinski definition) is 1. The fraction of sp³-hybridized carbons (Fsp3) is 0.250. The van der Waals surface area contributed by atoms with Gasteiger partial charge in [-0.25, -0.2) is 0 Å². The van der Waals surface area contributed by atoms with E-state index < -0.39 is 0 Å². The van der Waals surface area contributed by atoms with Crippen molar-refractivity contribution in [3.63, 3.8) is 0 Å². The van der Waals surface area contributed by atoms with E-state index in [4.69, 9.17) is 0 Å². The maximum absolute atomic E-state index is 10.7. The molecule has 0 aliphatic heterocycles. The fourth-order valence-electron chi connectivity index (χ4n) is 1.38. The van der Waals surface area contributed by atoms with Crippen LogP contribution in [0.2, 0.25) is 0 Å². The highest BCUT2D eigenvalue weighted by Crippen LogP contribution is 2.17. The Morgan fingerprint density at radius 3 is 2.69 bits per heavy atom. The predicted molar refractivity (Wildman–Crippen MR) is 55.8 cm³/mol. The second-order valence-corrected chi connectivity index (χ2v) is 3.00. The van der Waals surface area contributed by atoms with Gasteiger partial charge in [-0.3, -0.25) is 4.79 Å². The minimum Gasteiger partial charge on any atom is -0.298 e. The minimum atomic E-state index is 0.768. The van der Waals surface area contributed by atoms with Crippen molar-refractivity contribution in [3.8, 4) is 0 Å². The van der Waals surface area contributed by atoms with Crippen LogP contribution in [-0.2, 0) is 0 Å². The lowest BCUT2D eigenvalue weighted by atomic mass is 10.0. The molecule has 68 valence electrons. The van der Waals surface area contributed by atoms with Crippen LogP contribution in [0.25, 0.3) is 5.57 Å². The summed E-state index contributed by atoms with van der Waals surface area (Å²) in [6.45, 7) is 4.12. The summed E-state index contributed by atoms with van der Waals surface area (Å²) < 4.78 is 0. The van der Waals surface area contributed by atoms with Gasteiger partial charge in [0, 0.05) is 5.56 Å². The number of allylic oxidation sites excluding steroid dienone is 2. The molecule has 1 heteroatoms. The van der Waals surface area contributed by atoms with Crippen molar-refractivity contribution in [2.45, 2.75) is 20.3 Å². The van der Waals surface area contributed by atoms with Gasteiger partial charge in [-0.15, -0.1) is 0 Å². The van der Waals surface area contributed by atoms with Crippen molar-refractivity contribution in [1.82, 2.24) is 0 Å². The summed E-state index contributed by atoms with van der Waals surface area (Å²) in [6, 6.07) is 7.66. The summed E-state index contributed by atoms with van der Waals surface area (Å²) in [7, 11) is 0. The Hall–Kier alpha value is -1.37. The number of hydrogen-bond donors (Lipinski definition) is 0. The third-order valence-corrected chi connectivity index (χ3v) is 2.02. The highest BCUT2D eigenvalue weighted by Gasteiger charge is 2.00. The van der Waals surface area contributed by atoms with Crippen LogP contribution in [-0.4, -0.2) is 6.29 Å². The van der Waals surface area contributed by atoms with Crippen molar-refractivity contribution in [1.29, 1.82) is 0 Å². The standard InChI is InChI=1S/C12H14O/c1-3-6-10(2)12-8-5-4-7-11(12)9-13/h4-9H,3H2,1-2H3/b10-6+. The zero-order valence-corrected chi connectivity index (χ0v) is 8.08. The van der Waals surface area contributed by atoms with Gasteiger partial charge >= 0.3 is 0 Å². The van der Waals surface area contributed by atoms with Crippen LogP contribution in [0.4, 0.5) is 0 Å². The summed E-state index contributed by atoms with van der Waals surface area (Å²) in [5.74, 6) is 0. The lowest BCUT2D eigenvalue weighted by Gasteiger charge is -2.03. The summed E-state index contributed by atoms with van der Waals surface area (Å²) >= 11 is 0. The normalized spacial score (nSPS) is 11.4. The van der Waals surface area contributed by atoms with Crippen LogP contribution in [0, 0.1) is 0 Å². The maximum Gasteiger partial charge on any atom is 0.150 e. The van der Waals surface area contributed by atoms with E-state index in [0.29, 0.717) is 0 Å². The zero-order chi connectivity index (χ0) is 9.68. The third kappa shape index (κ3) is 2.28.